The van der Waals surface area contributed by atoms with E-state index in [9.17, 15) is 13.2 Å². The standard InChI is InChI=1S/C26H24N2O6S/c1-28(16-19-9-5-3-6-10-19)35(30,31)24-15-21(13-14-23(24)32-2)26(29)34-18-22-17-33-25(27-22)20-11-7-4-8-12-20/h3-15,17H,16,18H2,1-2H3. The van der Waals surface area contributed by atoms with Gasteiger partial charge in [-0.2, -0.15) is 4.31 Å². The highest BCUT2D eigenvalue weighted by Gasteiger charge is 2.27. The van der Waals surface area contributed by atoms with Crippen LogP contribution in [0.4, 0.5) is 0 Å². The Balaban J connectivity index is 1.50. The van der Waals surface area contributed by atoms with Crippen molar-refractivity contribution in [3.63, 3.8) is 0 Å². The third-order valence-corrected chi connectivity index (χ3v) is 7.08. The van der Waals surface area contributed by atoms with Crippen LogP contribution >= 0.6 is 0 Å². The summed E-state index contributed by atoms with van der Waals surface area (Å²) < 4.78 is 43.8. The van der Waals surface area contributed by atoms with E-state index in [1.807, 2.05) is 60.7 Å². The molecule has 0 saturated carbocycles. The van der Waals surface area contributed by atoms with Crippen molar-refractivity contribution in [3.8, 4) is 17.2 Å². The van der Waals surface area contributed by atoms with Gasteiger partial charge in [0, 0.05) is 19.2 Å². The molecule has 4 rings (SSSR count). The van der Waals surface area contributed by atoms with Crippen LogP contribution in [-0.4, -0.2) is 37.8 Å². The third kappa shape index (κ3) is 5.59. The molecule has 0 saturated heterocycles. The first-order valence-corrected chi connectivity index (χ1v) is 12.2. The Hall–Kier alpha value is -3.95. The van der Waals surface area contributed by atoms with Gasteiger partial charge in [-0.25, -0.2) is 18.2 Å². The Morgan fingerprint density at radius 3 is 2.37 bits per heavy atom. The zero-order chi connectivity index (χ0) is 24.8. The number of benzene rings is 3. The SMILES string of the molecule is COc1ccc(C(=O)OCc2coc(-c3ccccc3)n2)cc1S(=O)(=O)N(C)Cc1ccccc1. The summed E-state index contributed by atoms with van der Waals surface area (Å²) in [4.78, 5) is 16.9. The van der Waals surface area contributed by atoms with Crippen molar-refractivity contribution in [1.82, 2.24) is 9.29 Å². The van der Waals surface area contributed by atoms with Gasteiger partial charge in [0.05, 0.1) is 12.7 Å². The number of hydrogen-bond acceptors (Lipinski definition) is 7. The summed E-state index contributed by atoms with van der Waals surface area (Å²) in [5, 5.41) is 0. The molecule has 0 atom stereocenters. The second-order valence-electron chi connectivity index (χ2n) is 7.70. The van der Waals surface area contributed by atoms with Crippen LogP contribution in [0.3, 0.4) is 0 Å². The number of sulfonamides is 1. The molecule has 4 aromatic rings. The minimum atomic E-state index is -3.96. The van der Waals surface area contributed by atoms with Crippen molar-refractivity contribution >= 4 is 16.0 Å². The molecule has 180 valence electrons. The number of carbonyl (C=O) groups excluding carboxylic acids is 1. The number of methoxy groups -OCH3 is 1. The number of ether oxygens (including phenoxy) is 2. The van der Waals surface area contributed by atoms with E-state index in [1.54, 1.807) is 0 Å². The molecule has 35 heavy (non-hydrogen) atoms. The Morgan fingerprint density at radius 1 is 1.00 bits per heavy atom. The minimum Gasteiger partial charge on any atom is -0.495 e. The summed E-state index contributed by atoms with van der Waals surface area (Å²) >= 11 is 0. The molecular weight excluding hydrogens is 468 g/mol. The second kappa shape index (κ2) is 10.5. The van der Waals surface area contributed by atoms with E-state index in [0.29, 0.717) is 11.6 Å². The molecule has 8 nitrogen and oxygen atoms in total. The largest absolute Gasteiger partial charge is 0.495 e. The molecule has 0 unspecified atom stereocenters. The first-order valence-electron chi connectivity index (χ1n) is 10.7. The van der Waals surface area contributed by atoms with Gasteiger partial charge in [-0.05, 0) is 35.9 Å². The fourth-order valence-corrected chi connectivity index (χ4v) is 4.74. The molecule has 0 radical (unpaired) electrons. The lowest BCUT2D eigenvalue weighted by Gasteiger charge is -2.19. The van der Waals surface area contributed by atoms with Crippen LogP contribution < -0.4 is 4.74 Å². The van der Waals surface area contributed by atoms with Crippen molar-refractivity contribution in [3.05, 3.63) is 102 Å². The molecule has 1 heterocycles. The molecule has 0 amide bonds. The Kier molecular flexibility index (Phi) is 7.28. The van der Waals surface area contributed by atoms with E-state index >= 15 is 0 Å². The van der Waals surface area contributed by atoms with Gasteiger partial charge in [-0.1, -0.05) is 48.5 Å². The molecule has 0 N–H and O–H groups in total. The number of rotatable bonds is 9. The Labute approximate surface area is 203 Å². The van der Waals surface area contributed by atoms with Gasteiger partial charge in [0.25, 0.3) is 0 Å². The molecule has 0 spiro atoms. The molecule has 3 aromatic carbocycles. The van der Waals surface area contributed by atoms with Crippen molar-refractivity contribution in [2.45, 2.75) is 18.0 Å². The van der Waals surface area contributed by atoms with Crippen molar-refractivity contribution in [2.24, 2.45) is 0 Å². The number of oxazole rings is 1. The average Bonchev–Trinajstić information content (AvgIpc) is 3.37. The van der Waals surface area contributed by atoms with Gasteiger partial charge in [0.15, 0.2) is 0 Å². The van der Waals surface area contributed by atoms with E-state index < -0.39 is 16.0 Å². The first kappa shape index (κ1) is 24.2. The van der Waals surface area contributed by atoms with E-state index in [0.717, 1.165) is 11.1 Å². The monoisotopic (exact) mass is 492 g/mol. The van der Waals surface area contributed by atoms with Crippen LogP contribution in [-0.2, 0) is 27.9 Å². The van der Waals surface area contributed by atoms with Gasteiger partial charge in [-0.15, -0.1) is 0 Å². The molecular formula is C26H24N2O6S. The fraction of sp³-hybridized carbons (Fsp3) is 0.154. The highest BCUT2D eigenvalue weighted by molar-refractivity contribution is 7.89. The number of nitrogens with zero attached hydrogens (tertiary/aromatic N) is 2. The van der Waals surface area contributed by atoms with E-state index in [2.05, 4.69) is 4.98 Å². The zero-order valence-electron chi connectivity index (χ0n) is 19.2. The van der Waals surface area contributed by atoms with Gasteiger partial charge in [0.1, 0.15) is 29.2 Å². The Bertz CT molecular complexity index is 1400. The smallest absolute Gasteiger partial charge is 0.338 e. The zero-order valence-corrected chi connectivity index (χ0v) is 20.1. The lowest BCUT2D eigenvalue weighted by molar-refractivity contribution is 0.0467. The van der Waals surface area contributed by atoms with Crippen LogP contribution in [0, 0.1) is 0 Å². The van der Waals surface area contributed by atoms with Crippen molar-refractivity contribution in [2.75, 3.05) is 14.2 Å². The lowest BCUT2D eigenvalue weighted by Crippen LogP contribution is -2.27. The van der Waals surface area contributed by atoms with Gasteiger partial charge < -0.3 is 13.9 Å². The summed E-state index contributed by atoms with van der Waals surface area (Å²) in [6.45, 7) is 0.0358. The highest BCUT2D eigenvalue weighted by atomic mass is 32.2. The third-order valence-electron chi connectivity index (χ3n) is 5.26. The first-order chi connectivity index (χ1) is 16.9. The van der Waals surface area contributed by atoms with Crippen LogP contribution in [0.15, 0.2) is 94.4 Å². The maximum atomic E-state index is 13.3. The lowest BCUT2D eigenvalue weighted by atomic mass is 10.2. The molecule has 0 aliphatic rings. The van der Waals surface area contributed by atoms with Gasteiger partial charge >= 0.3 is 5.97 Å². The van der Waals surface area contributed by atoms with Gasteiger partial charge in [-0.3, -0.25) is 0 Å². The molecule has 0 aliphatic heterocycles. The normalized spacial score (nSPS) is 11.4. The molecule has 0 aliphatic carbocycles. The maximum absolute atomic E-state index is 13.3. The molecule has 0 fully saturated rings. The van der Waals surface area contributed by atoms with Crippen LogP contribution in [0.1, 0.15) is 21.6 Å². The van der Waals surface area contributed by atoms with E-state index in [1.165, 1.54) is 42.9 Å². The van der Waals surface area contributed by atoms with Crippen LogP contribution in [0.25, 0.3) is 11.5 Å². The van der Waals surface area contributed by atoms with Crippen molar-refractivity contribution in [1.29, 1.82) is 0 Å². The summed E-state index contributed by atoms with van der Waals surface area (Å²) in [5.74, 6) is -0.152. The Morgan fingerprint density at radius 2 is 1.69 bits per heavy atom. The quantitative estimate of drug-likeness (QED) is 0.317. The van der Waals surface area contributed by atoms with E-state index in [4.69, 9.17) is 13.9 Å². The number of aromatic nitrogens is 1. The summed E-state index contributed by atoms with van der Waals surface area (Å²) in [7, 11) is -1.11. The number of hydrogen-bond donors (Lipinski definition) is 0. The van der Waals surface area contributed by atoms with Crippen LogP contribution in [0.2, 0.25) is 0 Å². The molecule has 0 bridgehead atoms. The predicted molar refractivity (Wildman–Crippen MR) is 129 cm³/mol. The van der Waals surface area contributed by atoms with Crippen LogP contribution in [0.5, 0.6) is 5.75 Å². The van der Waals surface area contributed by atoms with E-state index in [-0.39, 0.29) is 29.4 Å². The fourth-order valence-electron chi connectivity index (χ4n) is 3.41. The summed E-state index contributed by atoms with van der Waals surface area (Å²) in [5.41, 5.74) is 2.13. The second-order valence-corrected chi connectivity index (χ2v) is 9.71. The molecule has 9 heteroatoms. The predicted octanol–water partition coefficient (Wildman–Crippen LogP) is 4.53. The summed E-state index contributed by atoms with van der Waals surface area (Å²) in [6, 6.07) is 22.7. The van der Waals surface area contributed by atoms with Crippen molar-refractivity contribution < 1.29 is 27.1 Å². The van der Waals surface area contributed by atoms with Gasteiger partial charge in [0.2, 0.25) is 15.9 Å². The minimum absolute atomic E-state index is 0.0734. The topological polar surface area (TPSA) is 98.9 Å². The molecule has 1 aromatic heterocycles. The highest BCUT2D eigenvalue weighted by Crippen LogP contribution is 2.28. The number of carbonyl (C=O) groups is 1. The maximum Gasteiger partial charge on any atom is 0.338 e. The summed E-state index contributed by atoms with van der Waals surface area (Å²) in [6.07, 6.45) is 1.41. The number of esters is 1. The average molecular weight is 493 g/mol.